The largest absolute Gasteiger partial charge is 0.280 e. The summed E-state index contributed by atoms with van der Waals surface area (Å²) in [6.07, 6.45) is 0.499. The molecule has 0 atom stereocenters. The van der Waals surface area contributed by atoms with Crippen LogP contribution in [0.3, 0.4) is 0 Å². The fraction of sp³-hybridized carbons (Fsp3) is 0.143. The molecule has 0 saturated carbocycles. The van der Waals surface area contributed by atoms with Gasteiger partial charge in [0.2, 0.25) is 10.0 Å². The van der Waals surface area contributed by atoms with Crippen molar-refractivity contribution < 1.29 is 21.2 Å². The molecule has 0 aromatic heterocycles. The second-order valence-electron chi connectivity index (χ2n) is 7.09. The van der Waals surface area contributed by atoms with Gasteiger partial charge in [0.15, 0.2) is 0 Å². The van der Waals surface area contributed by atoms with Gasteiger partial charge in [-0.2, -0.15) is 4.31 Å². The van der Waals surface area contributed by atoms with Crippen molar-refractivity contribution in [3.05, 3.63) is 88.7 Å². The predicted octanol–water partition coefficient (Wildman–Crippen LogP) is 4.03. The summed E-state index contributed by atoms with van der Waals surface area (Å²) in [7, 11) is -7.71. The number of fused-ring (bicyclic) bond motifs is 1. The van der Waals surface area contributed by atoms with Crippen LogP contribution >= 0.6 is 11.6 Å². The number of nitrogens with one attached hydrogen (secondary N) is 1. The molecule has 3 aromatic carbocycles. The van der Waals surface area contributed by atoms with E-state index < -0.39 is 25.9 Å². The molecule has 4 rings (SSSR count). The number of rotatable bonds is 5. The standard InChI is InChI=1S/C21H18ClFN2O4S2/c22-17-5-8-20(9-6-17)31(28,29)25-11-10-15-4-7-19(12-16(15)14-25)24-30(26,27)21-3-1-2-18(23)13-21/h1-9,12-13,24H,10-11,14H2. The Kier molecular flexibility index (Phi) is 5.78. The number of anilines is 1. The SMILES string of the molecule is O=S(=O)(Nc1ccc2c(c1)CN(S(=O)(=O)c1ccc(Cl)cc1)CC2)c1cccc(F)c1. The molecule has 3 aromatic rings. The Bertz CT molecular complexity index is 1340. The molecule has 1 aliphatic heterocycles. The van der Waals surface area contributed by atoms with Crippen molar-refractivity contribution >= 4 is 37.3 Å². The molecule has 0 bridgehead atoms. The molecule has 0 fully saturated rings. The first-order valence-corrected chi connectivity index (χ1v) is 12.6. The van der Waals surface area contributed by atoms with Crippen molar-refractivity contribution in [2.24, 2.45) is 0 Å². The number of hydrogen-bond donors (Lipinski definition) is 1. The molecule has 0 spiro atoms. The van der Waals surface area contributed by atoms with E-state index in [2.05, 4.69) is 4.72 Å². The first kappa shape index (κ1) is 21.8. The molecule has 1 heterocycles. The Morgan fingerprint density at radius 3 is 2.32 bits per heavy atom. The molecule has 1 aliphatic rings. The third-order valence-electron chi connectivity index (χ3n) is 4.99. The van der Waals surface area contributed by atoms with Crippen LogP contribution in [-0.4, -0.2) is 27.7 Å². The van der Waals surface area contributed by atoms with E-state index in [9.17, 15) is 21.2 Å². The molecule has 0 aliphatic carbocycles. The minimum atomic E-state index is -3.99. The van der Waals surface area contributed by atoms with Gasteiger partial charge in [0.05, 0.1) is 9.79 Å². The van der Waals surface area contributed by atoms with Crippen molar-refractivity contribution in [3.63, 3.8) is 0 Å². The summed E-state index contributed by atoms with van der Waals surface area (Å²) < 4.78 is 68.3. The van der Waals surface area contributed by atoms with Crippen molar-refractivity contribution in [3.8, 4) is 0 Å². The minimum Gasteiger partial charge on any atom is -0.280 e. The van der Waals surface area contributed by atoms with Gasteiger partial charge in [-0.05, 0) is 72.1 Å². The smallest absolute Gasteiger partial charge is 0.261 e. The van der Waals surface area contributed by atoms with Gasteiger partial charge in [-0.25, -0.2) is 21.2 Å². The highest BCUT2D eigenvalue weighted by Crippen LogP contribution is 2.28. The van der Waals surface area contributed by atoms with Gasteiger partial charge in [0.1, 0.15) is 5.82 Å². The zero-order valence-corrected chi connectivity index (χ0v) is 18.5. The van der Waals surface area contributed by atoms with E-state index in [4.69, 9.17) is 11.6 Å². The molecule has 162 valence electrons. The van der Waals surface area contributed by atoms with E-state index in [1.807, 2.05) is 0 Å². The fourth-order valence-electron chi connectivity index (χ4n) is 3.40. The first-order chi connectivity index (χ1) is 14.6. The molecule has 6 nitrogen and oxygen atoms in total. The average molecular weight is 481 g/mol. The van der Waals surface area contributed by atoms with Crippen molar-refractivity contribution in [1.29, 1.82) is 0 Å². The number of nitrogens with zero attached hydrogens (tertiary/aromatic N) is 1. The number of sulfonamides is 2. The maximum atomic E-state index is 13.4. The summed E-state index contributed by atoms with van der Waals surface area (Å²) in [5, 5.41) is 0.443. The molecule has 0 amide bonds. The Morgan fingerprint density at radius 2 is 1.61 bits per heavy atom. The number of hydrogen-bond acceptors (Lipinski definition) is 4. The normalized spacial score (nSPS) is 14.8. The van der Waals surface area contributed by atoms with Crippen molar-refractivity contribution in [2.45, 2.75) is 22.8 Å². The first-order valence-electron chi connectivity index (χ1n) is 9.31. The van der Waals surface area contributed by atoms with E-state index >= 15 is 0 Å². The Hall–Kier alpha value is -2.46. The van der Waals surface area contributed by atoms with Gasteiger partial charge >= 0.3 is 0 Å². The van der Waals surface area contributed by atoms with E-state index in [1.54, 1.807) is 18.2 Å². The summed E-state index contributed by atoms with van der Waals surface area (Å²) in [5.41, 5.74) is 1.91. The van der Waals surface area contributed by atoms with Gasteiger partial charge < -0.3 is 0 Å². The highest BCUT2D eigenvalue weighted by Gasteiger charge is 2.28. The Labute approximate surface area is 185 Å². The van der Waals surface area contributed by atoms with Crippen LogP contribution < -0.4 is 4.72 Å². The third kappa shape index (κ3) is 4.59. The zero-order valence-electron chi connectivity index (χ0n) is 16.1. The molecule has 31 heavy (non-hydrogen) atoms. The van der Waals surface area contributed by atoms with Crippen LogP contribution in [0.5, 0.6) is 0 Å². The highest BCUT2D eigenvalue weighted by atomic mass is 35.5. The maximum Gasteiger partial charge on any atom is 0.261 e. The van der Waals surface area contributed by atoms with Crippen LogP contribution in [0.1, 0.15) is 11.1 Å². The van der Waals surface area contributed by atoms with Crippen LogP contribution in [0.15, 0.2) is 76.5 Å². The van der Waals surface area contributed by atoms with Crippen molar-refractivity contribution in [1.82, 2.24) is 4.31 Å². The van der Waals surface area contributed by atoms with Gasteiger partial charge in [-0.1, -0.05) is 23.7 Å². The second-order valence-corrected chi connectivity index (χ2v) is 11.1. The fourth-order valence-corrected chi connectivity index (χ4v) is 6.03. The average Bonchev–Trinajstić information content (AvgIpc) is 2.73. The molecule has 0 unspecified atom stereocenters. The molecule has 1 N–H and O–H groups in total. The summed E-state index contributed by atoms with van der Waals surface area (Å²) in [4.78, 5) is -0.0551. The van der Waals surface area contributed by atoms with Gasteiger partial charge in [-0.3, -0.25) is 4.72 Å². The number of benzene rings is 3. The van der Waals surface area contributed by atoms with Gasteiger partial charge in [0.25, 0.3) is 10.0 Å². The quantitative estimate of drug-likeness (QED) is 0.597. The monoisotopic (exact) mass is 480 g/mol. The lowest BCUT2D eigenvalue weighted by atomic mass is 10.0. The van der Waals surface area contributed by atoms with E-state index in [0.717, 1.165) is 17.7 Å². The maximum absolute atomic E-state index is 13.4. The van der Waals surface area contributed by atoms with Crippen molar-refractivity contribution in [2.75, 3.05) is 11.3 Å². The molecule has 10 heteroatoms. The molecule has 0 radical (unpaired) electrons. The summed E-state index contributed by atoms with van der Waals surface area (Å²) >= 11 is 5.85. The molecular formula is C21H18ClFN2O4S2. The highest BCUT2D eigenvalue weighted by molar-refractivity contribution is 7.92. The zero-order chi connectivity index (χ0) is 22.2. The lowest BCUT2D eigenvalue weighted by Crippen LogP contribution is -2.36. The Morgan fingerprint density at radius 1 is 0.871 bits per heavy atom. The lowest BCUT2D eigenvalue weighted by molar-refractivity contribution is 0.391. The molecular weight excluding hydrogens is 463 g/mol. The van der Waals surface area contributed by atoms with E-state index in [0.29, 0.717) is 23.6 Å². The van der Waals surface area contributed by atoms with Crippen LogP contribution in [0.25, 0.3) is 0 Å². The molecule has 0 saturated heterocycles. The van der Waals surface area contributed by atoms with Gasteiger partial charge in [-0.15, -0.1) is 0 Å². The Balaban J connectivity index is 1.59. The summed E-state index contributed by atoms with van der Waals surface area (Å²) in [5.74, 6) is -0.656. The minimum absolute atomic E-state index is 0.107. The van der Waals surface area contributed by atoms with E-state index in [1.165, 1.54) is 40.7 Å². The topological polar surface area (TPSA) is 83.6 Å². The van der Waals surface area contributed by atoms with Crippen LogP contribution in [0.4, 0.5) is 10.1 Å². The summed E-state index contributed by atoms with van der Waals surface area (Å²) in [6, 6.07) is 15.6. The van der Waals surface area contributed by atoms with E-state index in [-0.39, 0.29) is 22.0 Å². The third-order valence-corrected chi connectivity index (χ3v) is 8.48. The van der Waals surface area contributed by atoms with Gasteiger partial charge in [0, 0.05) is 23.8 Å². The van der Waals surface area contributed by atoms with Crippen LogP contribution in [0.2, 0.25) is 5.02 Å². The van der Waals surface area contributed by atoms with Crippen LogP contribution in [0, 0.1) is 5.82 Å². The lowest BCUT2D eigenvalue weighted by Gasteiger charge is -2.28. The number of halogens is 2. The second kappa shape index (κ2) is 8.23. The summed E-state index contributed by atoms with van der Waals surface area (Å²) in [6.45, 7) is 0.419. The van der Waals surface area contributed by atoms with Crippen LogP contribution in [-0.2, 0) is 33.0 Å². The predicted molar refractivity (Wildman–Crippen MR) is 116 cm³/mol.